The molecule has 21 heavy (non-hydrogen) atoms. The molecule has 2 rings (SSSR count). The molecule has 0 spiro atoms. The van der Waals surface area contributed by atoms with Crippen molar-refractivity contribution in [2.24, 2.45) is 5.73 Å². The molecule has 1 aliphatic rings. The number of rotatable bonds is 4. The second-order valence-electron chi connectivity index (χ2n) is 5.73. The van der Waals surface area contributed by atoms with E-state index < -0.39 is 0 Å². The first-order valence-corrected chi connectivity index (χ1v) is 7.35. The topological polar surface area (TPSA) is 75.4 Å². The SMILES string of the molecule is CCC1C(=O)NC(=O)CN1C(c1cccc(C)c1)C(C)N. The zero-order valence-electron chi connectivity index (χ0n) is 12.8. The predicted molar refractivity (Wildman–Crippen MR) is 81.5 cm³/mol. The number of hydrogen-bond acceptors (Lipinski definition) is 4. The van der Waals surface area contributed by atoms with Crippen LogP contribution in [0.2, 0.25) is 0 Å². The van der Waals surface area contributed by atoms with Crippen LogP contribution in [-0.4, -0.2) is 35.3 Å². The van der Waals surface area contributed by atoms with Crippen molar-refractivity contribution < 1.29 is 9.59 Å². The van der Waals surface area contributed by atoms with E-state index in [4.69, 9.17) is 5.73 Å². The summed E-state index contributed by atoms with van der Waals surface area (Å²) in [4.78, 5) is 25.7. The molecule has 1 fully saturated rings. The van der Waals surface area contributed by atoms with Gasteiger partial charge in [0, 0.05) is 6.04 Å². The van der Waals surface area contributed by atoms with Crippen LogP contribution >= 0.6 is 0 Å². The Balaban J connectivity index is 2.40. The molecule has 3 N–H and O–H groups in total. The highest BCUT2D eigenvalue weighted by atomic mass is 16.2. The van der Waals surface area contributed by atoms with Gasteiger partial charge in [0.15, 0.2) is 0 Å². The molecule has 5 nitrogen and oxygen atoms in total. The van der Waals surface area contributed by atoms with Crippen molar-refractivity contribution in [2.75, 3.05) is 6.54 Å². The molecule has 0 radical (unpaired) electrons. The van der Waals surface area contributed by atoms with Crippen molar-refractivity contribution in [1.82, 2.24) is 10.2 Å². The predicted octanol–water partition coefficient (Wildman–Crippen LogP) is 1.12. The molecule has 0 bridgehead atoms. The summed E-state index contributed by atoms with van der Waals surface area (Å²) in [6, 6.07) is 7.42. The number of hydrogen-bond donors (Lipinski definition) is 2. The van der Waals surface area contributed by atoms with E-state index in [-0.39, 0.29) is 36.5 Å². The Hall–Kier alpha value is -1.72. The first kappa shape index (κ1) is 15.7. The zero-order valence-corrected chi connectivity index (χ0v) is 12.8. The summed E-state index contributed by atoms with van der Waals surface area (Å²) >= 11 is 0. The summed E-state index contributed by atoms with van der Waals surface area (Å²) in [5, 5.41) is 2.41. The summed E-state index contributed by atoms with van der Waals surface area (Å²) in [5.41, 5.74) is 8.36. The highest BCUT2D eigenvalue weighted by Gasteiger charge is 2.38. The van der Waals surface area contributed by atoms with Crippen LogP contribution in [0.5, 0.6) is 0 Å². The van der Waals surface area contributed by atoms with Gasteiger partial charge in [-0.1, -0.05) is 36.8 Å². The lowest BCUT2D eigenvalue weighted by Gasteiger charge is -2.41. The van der Waals surface area contributed by atoms with E-state index in [0.29, 0.717) is 6.42 Å². The van der Waals surface area contributed by atoms with Gasteiger partial charge in [0.2, 0.25) is 11.8 Å². The van der Waals surface area contributed by atoms with Crippen molar-refractivity contribution in [3.63, 3.8) is 0 Å². The highest BCUT2D eigenvalue weighted by Crippen LogP contribution is 2.28. The molecule has 1 aliphatic heterocycles. The first-order valence-electron chi connectivity index (χ1n) is 7.35. The van der Waals surface area contributed by atoms with E-state index in [2.05, 4.69) is 11.4 Å². The van der Waals surface area contributed by atoms with Crippen molar-refractivity contribution in [3.05, 3.63) is 35.4 Å². The number of benzene rings is 1. The number of carbonyl (C=O) groups is 2. The summed E-state index contributed by atoms with van der Waals surface area (Å²) < 4.78 is 0. The number of piperazine rings is 1. The van der Waals surface area contributed by atoms with E-state index in [1.165, 1.54) is 0 Å². The molecule has 3 unspecified atom stereocenters. The zero-order chi connectivity index (χ0) is 15.6. The van der Waals surface area contributed by atoms with Gasteiger partial charge in [-0.2, -0.15) is 0 Å². The second kappa shape index (κ2) is 6.37. The Bertz CT molecular complexity index is 542. The first-order chi connectivity index (χ1) is 9.93. The largest absolute Gasteiger partial charge is 0.326 e. The Morgan fingerprint density at radius 1 is 1.43 bits per heavy atom. The molecule has 2 amide bonds. The number of nitrogens with zero attached hydrogens (tertiary/aromatic N) is 1. The third kappa shape index (κ3) is 3.31. The Morgan fingerprint density at radius 3 is 2.71 bits per heavy atom. The van der Waals surface area contributed by atoms with Gasteiger partial charge in [-0.3, -0.25) is 19.8 Å². The van der Waals surface area contributed by atoms with Crippen LogP contribution in [0.1, 0.15) is 37.4 Å². The molecule has 0 aromatic heterocycles. The molecule has 0 saturated carbocycles. The lowest BCUT2D eigenvalue weighted by molar-refractivity contribution is -0.142. The lowest BCUT2D eigenvalue weighted by atomic mass is 9.94. The fourth-order valence-electron chi connectivity index (χ4n) is 3.05. The summed E-state index contributed by atoms with van der Waals surface area (Å²) in [5.74, 6) is -0.491. The van der Waals surface area contributed by atoms with Crippen LogP contribution < -0.4 is 11.1 Å². The normalized spacial score (nSPS) is 22.8. The van der Waals surface area contributed by atoms with E-state index in [1.807, 2.05) is 43.9 Å². The van der Waals surface area contributed by atoms with Crippen molar-refractivity contribution in [3.8, 4) is 0 Å². The van der Waals surface area contributed by atoms with Crippen LogP contribution in [0.3, 0.4) is 0 Å². The summed E-state index contributed by atoms with van der Waals surface area (Å²) in [7, 11) is 0. The molecule has 1 heterocycles. The smallest absolute Gasteiger partial charge is 0.243 e. The number of nitrogens with two attached hydrogens (primary N) is 1. The van der Waals surface area contributed by atoms with Crippen LogP contribution in [0.4, 0.5) is 0 Å². The minimum atomic E-state index is -0.320. The minimum Gasteiger partial charge on any atom is -0.326 e. The molecule has 0 aliphatic carbocycles. The van der Waals surface area contributed by atoms with E-state index in [1.54, 1.807) is 0 Å². The van der Waals surface area contributed by atoms with Crippen LogP contribution in [0, 0.1) is 6.92 Å². The molecule has 5 heteroatoms. The Kier molecular flexibility index (Phi) is 4.75. The fourth-order valence-corrected chi connectivity index (χ4v) is 3.05. The summed E-state index contributed by atoms with van der Waals surface area (Å²) in [6.07, 6.45) is 0.647. The monoisotopic (exact) mass is 289 g/mol. The maximum atomic E-state index is 12.1. The van der Waals surface area contributed by atoms with Gasteiger partial charge < -0.3 is 5.73 Å². The third-order valence-electron chi connectivity index (χ3n) is 3.92. The van der Waals surface area contributed by atoms with E-state index in [9.17, 15) is 9.59 Å². The average Bonchev–Trinajstić information content (AvgIpc) is 2.38. The number of aryl methyl sites for hydroxylation is 1. The highest BCUT2D eigenvalue weighted by molar-refractivity contribution is 6.01. The van der Waals surface area contributed by atoms with Gasteiger partial charge in [-0.25, -0.2) is 0 Å². The van der Waals surface area contributed by atoms with Gasteiger partial charge in [-0.15, -0.1) is 0 Å². The number of imide groups is 1. The number of carbonyl (C=O) groups excluding carboxylic acids is 2. The molecule has 3 atom stereocenters. The van der Waals surface area contributed by atoms with Crippen molar-refractivity contribution in [2.45, 2.75) is 45.3 Å². The standard InChI is InChI=1S/C16H23N3O2/c1-4-13-16(21)18-14(20)9-19(13)15(11(3)17)12-7-5-6-10(2)8-12/h5-8,11,13,15H,4,9,17H2,1-3H3,(H,18,20,21). The molecule has 1 aromatic carbocycles. The Labute approximate surface area is 125 Å². The minimum absolute atomic E-state index is 0.148. The molecule has 1 saturated heterocycles. The van der Waals surface area contributed by atoms with Crippen LogP contribution in [0.15, 0.2) is 24.3 Å². The molecular weight excluding hydrogens is 266 g/mol. The molecular formula is C16H23N3O2. The second-order valence-corrected chi connectivity index (χ2v) is 5.73. The quantitative estimate of drug-likeness (QED) is 0.815. The van der Waals surface area contributed by atoms with Gasteiger partial charge in [0.1, 0.15) is 0 Å². The Morgan fingerprint density at radius 2 is 2.14 bits per heavy atom. The van der Waals surface area contributed by atoms with Gasteiger partial charge in [0.05, 0.1) is 18.6 Å². The molecule has 1 aromatic rings. The van der Waals surface area contributed by atoms with Gasteiger partial charge in [-0.05, 0) is 25.8 Å². The van der Waals surface area contributed by atoms with Crippen molar-refractivity contribution in [1.29, 1.82) is 0 Å². The number of nitrogens with one attached hydrogen (secondary N) is 1. The maximum Gasteiger partial charge on any atom is 0.243 e. The fraction of sp³-hybridized carbons (Fsp3) is 0.500. The van der Waals surface area contributed by atoms with Gasteiger partial charge >= 0.3 is 0 Å². The lowest BCUT2D eigenvalue weighted by Crippen LogP contribution is -2.60. The summed E-state index contributed by atoms with van der Waals surface area (Å²) in [6.45, 7) is 6.08. The number of amides is 2. The van der Waals surface area contributed by atoms with E-state index in [0.717, 1.165) is 11.1 Å². The third-order valence-corrected chi connectivity index (χ3v) is 3.92. The van der Waals surface area contributed by atoms with Gasteiger partial charge in [0.25, 0.3) is 0 Å². The van der Waals surface area contributed by atoms with Crippen molar-refractivity contribution >= 4 is 11.8 Å². The molecule has 114 valence electrons. The van der Waals surface area contributed by atoms with Crippen LogP contribution in [-0.2, 0) is 9.59 Å². The maximum absolute atomic E-state index is 12.1. The van der Waals surface area contributed by atoms with Crippen LogP contribution in [0.25, 0.3) is 0 Å². The van der Waals surface area contributed by atoms with E-state index >= 15 is 0 Å². The average molecular weight is 289 g/mol.